The fourth-order valence-electron chi connectivity index (χ4n) is 2.25. The Morgan fingerprint density at radius 3 is 2.82 bits per heavy atom. The van der Waals surface area contributed by atoms with E-state index in [1.165, 1.54) is 0 Å². The number of H-pyrrole nitrogens is 1. The molecule has 1 saturated heterocycles. The number of ketones is 1. The molecule has 2 aromatic rings. The predicted molar refractivity (Wildman–Crippen MR) is 63.3 cm³/mol. The summed E-state index contributed by atoms with van der Waals surface area (Å²) in [4.78, 5) is 27.5. The van der Waals surface area contributed by atoms with Crippen molar-refractivity contribution in [2.75, 3.05) is 6.54 Å². The molecule has 0 spiro atoms. The number of benzene rings is 1. The number of hydrogen-bond donors (Lipinski definition) is 1. The minimum absolute atomic E-state index is 0.00911. The van der Waals surface area contributed by atoms with Gasteiger partial charge in [0.25, 0.3) is 0 Å². The summed E-state index contributed by atoms with van der Waals surface area (Å²) < 4.78 is 0. The van der Waals surface area contributed by atoms with Crippen LogP contribution in [0, 0.1) is 0 Å². The molecule has 4 nitrogen and oxygen atoms in total. The van der Waals surface area contributed by atoms with Crippen molar-refractivity contribution in [1.29, 1.82) is 0 Å². The fourth-order valence-corrected chi connectivity index (χ4v) is 2.25. The number of likely N-dealkylation sites (tertiary alicyclic amines) is 1. The summed E-state index contributed by atoms with van der Waals surface area (Å²) in [6.45, 7) is 0.757. The zero-order valence-electron chi connectivity index (χ0n) is 9.27. The first-order chi connectivity index (χ1) is 8.24. The molecule has 86 valence electrons. The number of Topliss-reactive ketones (excluding diaryl/α,β-unsaturated/α-hetero) is 1. The number of para-hydroxylation sites is 1. The number of fused-ring (bicyclic) bond motifs is 1. The van der Waals surface area contributed by atoms with Crippen molar-refractivity contribution in [3.63, 3.8) is 0 Å². The predicted octanol–water partition coefficient (Wildman–Crippen LogP) is 1.47. The van der Waals surface area contributed by atoms with Gasteiger partial charge in [-0.05, 0) is 11.6 Å². The van der Waals surface area contributed by atoms with Gasteiger partial charge < -0.3 is 9.88 Å². The molecule has 1 aromatic carbocycles. The van der Waals surface area contributed by atoms with Crippen LogP contribution in [0.1, 0.15) is 12.0 Å². The third-order valence-electron chi connectivity index (χ3n) is 3.10. The van der Waals surface area contributed by atoms with Crippen LogP contribution in [0.25, 0.3) is 10.9 Å². The lowest BCUT2D eigenvalue weighted by Gasteiger charge is -2.13. The van der Waals surface area contributed by atoms with Gasteiger partial charge in [0.1, 0.15) is 0 Å². The molecule has 1 aliphatic heterocycles. The average molecular weight is 228 g/mol. The smallest absolute Gasteiger partial charge is 0.230 e. The summed E-state index contributed by atoms with van der Waals surface area (Å²) >= 11 is 0. The number of rotatable bonds is 2. The molecular formula is C13H12N2O2. The first-order valence-electron chi connectivity index (χ1n) is 5.58. The number of nitrogens with one attached hydrogen (secondary N) is 1. The van der Waals surface area contributed by atoms with Crippen molar-refractivity contribution in [2.24, 2.45) is 0 Å². The summed E-state index contributed by atoms with van der Waals surface area (Å²) in [6.07, 6.45) is 1.96. The molecule has 4 heteroatoms. The maximum atomic E-state index is 11.5. The van der Waals surface area contributed by atoms with Crippen LogP contribution in [0.3, 0.4) is 0 Å². The Hall–Kier alpha value is -2.10. The van der Waals surface area contributed by atoms with Crippen LogP contribution in [0.4, 0.5) is 0 Å². The Balaban J connectivity index is 1.90. The fraction of sp³-hybridized carbons (Fsp3) is 0.231. The van der Waals surface area contributed by atoms with Gasteiger partial charge in [0.05, 0.1) is 13.0 Å². The highest BCUT2D eigenvalue weighted by molar-refractivity contribution is 6.05. The molecule has 2 heterocycles. The van der Waals surface area contributed by atoms with Gasteiger partial charge in [-0.3, -0.25) is 9.59 Å². The number of carbonyl (C=O) groups excluding carboxylic acids is 2. The van der Waals surface area contributed by atoms with E-state index >= 15 is 0 Å². The zero-order chi connectivity index (χ0) is 11.8. The lowest BCUT2D eigenvalue weighted by molar-refractivity contribution is -0.128. The van der Waals surface area contributed by atoms with Gasteiger partial charge in [0.15, 0.2) is 5.78 Å². The summed E-state index contributed by atoms with van der Waals surface area (Å²) in [5.41, 5.74) is 2.11. The summed E-state index contributed by atoms with van der Waals surface area (Å²) in [5.74, 6) is -0.0601. The van der Waals surface area contributed by atoms with E-state index in [-0.39, 0.29) is 24.7 Å². The lowest BCUT2D eigenvalue weighted by Crippen LogP contribution is -2.24. The Labute approximate surface area is 98.2 Å². The van der Waals surface area contributed by atoms with Gasteiger partial charge in [-0.2, -0.15) is 0 Å². The van der Waals surface area contributed by atoms with Gasteiger partial charge in [0.2, 0.25) is 5.91 Å². The second-order valence-corrected chi connectivity index (χ2v) is 4.32. The summed E-state index contributed by atoms with van der Waals surface area (Å²) in [5, 5.41) is 1.11. The summed E-state index contributed by atoms with van der Waals surface area (Å²) in [6, 6.07) is 7.95. The number of aromatic nitrogens is 1. The van der Waals surface area contributed by atoms with Crippen LogP contribution in [-0.2, 0) is 16.1 Å². The van der Waals surface area contributed by atoms with Gasteiger partial charge in [-0.15, -0.1) is 0 Å². The monoisotopic (exact) mass is 228 g/mol. The van der Waals surface area contributed by atoms with Crippen LogP contribution in [0.15, 0.2) is 30.5 Å². The number of hydrogen-bond acceptors (Lipinski definition) is 2. The largest absolute Gasteiger partial charge is 0.361 e. The quantitative estimate of drug-likeness (QED) is 0.791. The molecule has 0 atom stereocenters. The normalized spacial score (nSPS) is 16.1. The molecule has 0 unspecified atom stereocenters. The van der Waals surface area contributed by atoms with Crippen molar-refractivity contribution < 1.29 is 9.59 Å². The van der Waals surface area contributed by atoms with Crippen molar-refractivity contribution in [3.8, 4) is 0 Å². The molecule has 0 saturated carbocycles. The van der Waals surface area contributed by atoms with Crippen LogP contribution < -0.4 is 0 Å². The van der Waals surface area contributed by atoms with E-state index in [0.717, 1.165) is 16.5 Å². The van der Waals surface area contributed by atoms with Gasteiger partial charge in [0, 0.05) is 23.6 Å². The summed E-state index contributed by atoms with van der Waals surface area (Å²) in [7, 11) is 0. The lowest BCUT2D eigenvalue weighted by atomic mass is 10.1. The van der Waals surface area contributed by atoms with E-state index < -0.39 is 0 Å². The van der Waals surface area contributed by atoms with Gasteiger partial charge in [-0.1, -0.05) is 18.2 Å². The maximum Gasteiger partial charge on any atom is 0.230 e. The minimum Gasteiger partial charge on any atom is -0.361 e. The Kier molecular flexibility index (Phi) is 2.21. The van der Waals surface area contributed by atoms with Crippen molar-refractivity contribution in [1.82, 2.24) is 9.88 Å². The SMILES string of the molecule is O=C1CC(=O)N(Cc2c[nH]c3ccccc23)C1. The third kappa shape index (κ3) is 1.71. The van der Waals surface area contributed by atoms with Crippen molar-refractivity contribution in [2.45, 2.75) is 13.0 Å². The maximum absolute atomic E-state index is 11.5. The van der Waals surface area contributed by atoms with E-state index in [1.807, 2.05) is 30.5 Å². The Bertz CT molecular complexity index is 600. The molecular weight excluding hydrogens is 216 g/mol. The van der Waals surface area contributed by atoms with E-state index in [4.69, 9.17) is 0 Å². The highest BCUT2D eigenvalue weighted by atomic mass is 16.2. The highest BCUT2D eigenvalue weighted by Crippen LogP contribution is 2.20. The third-order valence-corrected chi connectivity index (χ3v) is 3.10. The molecule has 3 rings (SSSR count). The van der Waals surface area contributed by atoms with E-state index in [2.05, 4.69) is 4.98 Å². The number of aromatic amines is 1. The number of nitrogens with zero attached hydrogens (tertiary/aromatic N) is 1. The molecule has 17 heavy (non-hydrogen) atoms. The van der Waals surface area contributed by atoms with Crippen molar-refractivity contribution in [3.05, 3.63) is 36.0 Å². The van der Waals surface area contributed by atoms with Crippen LogP contribution in [0.5, 0.6) is 0 Å². The molecule has 0 aliphatic carbocycles. The van der Waals surface area contributed by atoms with Crippen LogP contribution >= 0.6 is 0 Å². The topological polar surface area (TPSA) is 53.2 Å². The second-order valence-electron chi connectivity index (χ2n) is 4.32. The van der Waals surface area contributed by atoms with Gasteiger partial charge >= 0.3 is 0 Å². The molecule has 1 fully saturated rings. The minimum atomic E-state index is -0.0692. The first-order valence-corrected chi connectivity index (χ1v) is 5.58. The number of carbonyl (C=O) groups is 2. The Morgan fingerprint density at radius 1 is 1.24 bits per heavy atom. The van der Waals surface area contributed by atoms with E-state index in [1.54, 1.807) is 4.90 Å². The Morgan fingerprint density at radius 2 is 2.06 bits per heavy atom. The average Bonchev–Trinajstić information content (AvgIpc) is 2.85. The first kappa shape index (κ1) is 10.1. The van der Waals surface area contributed by atoms with Gasteiger partial charge in [-0.25, -0.2) is 0 Å². The number of amides is 1. The molecule has 1 amide bonds. The molecule has 1 aliphatic rings. The van der Waals surface area contributed by atoms with Crippen LogP contribution in [0.2, 0.25) is 0 Å². The molecule has 1 N–H and O–H groups in total. The zero-order valence-corrected chi connectivity index (χ0v) is 9.27. The van der Waals surface area contributed by atoms with E-state index in [0.29, 0.717) is 6.54 Å². The molecule has 0 bridgehead atoms. The van der Waals surface area contributed by atoms with Crippen molar-refractivity contribution >= 4 is 22.6 Å². The van der Waals surface area contributed by atoms with E-state index in [9.17, 15) is 9.59 Å². The highest BCUT2D eigenvalue weighted by Gasteiger charge is 2.27. The molecule has 0 radical (unpaired) electrons. The standard InChI is InChI=1S/C13H12N2O2/c16-10-5-13(17)15(8-10)7-9-6-14-12-4-2-1-3-11(9)12/h1-4,6,14H,5,7-8H2. The molecule has 1 aromatic heterocycles. The van der Waals surface area contributed by atoms with Crippen LogP contribution in [-0.4, -0.2) is 28.1 Å². The second kappa shape index (κ2) is 3.73.